The zero-order valence-corrected chi connectivity index (χ0v) is 12.4. The van der Waals surface area contributed by atoms with Crippen LogP contribution in [0.25, 0.3) is 0 Å². The van der Waals surface area contributed by atoms with Crippen LogP contribution in [-0.2, 0) is 6.61 Å². The Morgan fingerprint density at radius 3 is 2.94 bits per heavy atom. The molecule has 4 nitrogen and oxygen atoms in total. The molecule has 0 bridgehead atoms. The predicted octanol–water partition coefficient (Wildman–Crippen LogP) is 3.70. The van der Waals surface area contributed by atoms with Crippen LogP contribution in [0.1, 0.15) is 18.4 Å². The Morgan fingerprint density at radius 1 is 1.33 bits per heavy atom. The van der Waals surface area contributed by atoms with Crippen LogP contribution in [0.4, 0.5) is 5.13 Å². The van der Waals surface area contributed by atoms with Crippen molar-refractivity contribution in [1.82, 2.24) is 10.2 Å². The van der Waals surface area contributed by atoms with Gasteiger partial charge < -0.3 is 10.1 Å². The van der Waals surface area contributed by atoms with Crippen LogP contribution in [0, 0.1) is 0 Å². The lowest BCUT2D eigenvalue weighted by Crippen LogP contribution is -1.98. The molecular formula is C12H14BrN3OS. The number of hydrogen-bond acceptors (Lipinski definition) is 5. The fourth-order valence-electron chi connectivity index (χ4n) is 1.32. The molecule has 0 amide bonds. The zero-order chi connectivity index (χ0) is 12.8. The molecule has 0 aliphatic carbocycles. The van der Waals surface area contributed by atoms with Crippen molar-refractivity contribution in [2.45, 2.75) is 20.0 Å². The van der Waals surface area contributed by atoms with Gasteiger partial charge in [-0.1, -0.05) is 30.4 Å². The average Bonchev–Trinajstić information content (AvgIpc) is 2.83. The van der Waals surface area contributed by atoms with E-state index in [9.17, 15) is 0 Å². The Kier molecular flexibility index (Phi) is 4.95. The van der Waals surface area contributed by atoms with Crippen molar-refractivity contribution < 1.29 is 4.74 Å². The summed E-state index contributed by atoms with van der Waals surface area (Å²) in [5, 5.41) is 13.1. The van der Waals surface area contributed by atoms with Crippen LogP contribution in [0.3, 0.4) is 0 Å². The maximum atomic E-state index is 5.67. The molecule has 6 heteroatoms. The van der Waals surface area contributed by atoms with Gasteiger partial charge in [-0.3, -0.25) is 0 Å². The number of para-hydroxylation sites is 1. The van der Waals surface area contributed by atoms with Gasteiger partial charge in [-0.05, 0) is 34.5 Å². The summed E-state index contributed by atoms with van der Waals surface area (Å²) in [6.07, 6.45) is 1.07. The molecule has 1 aromatic heterocycles. The van der Waals surface area contributed by atoms with Gasteiger partial charge in [0.2, 0.25) is 5.13 Å². The van der Waals surface area contributed by atoms with Gasteiger partial charge in [0.05, 0.1) is 4.47 Å². The monoisotopic (exact) mass is 327 g/mol. The van der Waals surface area contributed by atoms with E-state index in [0.717, 1.165) is 33.3 Å². The molecule has 2 rings (SSSR count). The average molecular weight is 328 g/mol. The highest BCUT2D eigenvalue weighted by Gasteiger charge is 2.05. The second-order valence-corrected chi connectivity index (χ2v) is 5.56. The number of benzene rings is 1. The largest absolute Gasteiger partial charge is 0.485 e. The Labute approximate surface area is 119 Å². The van der Waals surface area contributed by atoms with Gasteiger partial charge in [0.15, 0.2) is 5.01 Å². The van der Waals surface area contributed by atoms with E-state index in [0.29, 0.717) is 6.61 Å². The summed E-state index contributed by atoms with van der Waals surface area (Å²) in [4.78, 5) is 0. The maximum Gasteiger partial charge on any atom is 0.205 e. The van der Waals surface area contributed by atoms with Gasteiger partial charge in [-0.15, -0.1) is 10.2 Å². The number of nitrogens with zero attached hydrogens (tertiary/aromatic N) is 2. The third-order valence-corrected chi connectivity index (χ3v) is 3.69. The quantitative estimate of drug-likeness (QED) is 0.878. The first-order valence-electron chi connectivity index (χ1n) is 5.73. The Balaban J connectivity index is 1.90. The minimum Gasteiger partial charge on any atom is -0.485 e. The molecule has 1 N–H and O–H groups in total. The van der Waals surface area contributed by atoms with Crippen molar-refractivity contribution in [2.75, 3.05) is 11.9 Å². The highest BCUT2D eigenvalue weighted by Crippen LogP contribution is 2.25. The van der Waals surface area contributed by atoms with E-state index in [2.05, 4.69) is 38.4 Å². The summed E-state index contributed by atoms with van der Waals surface area (Å²) in [5.41, 5.74) is 0. The van der Waals surface area contributed by atoms with E-state index < -0.39 is 0 Å². The SMILES string of the molecule is CCCNc1nnc(COc2ccccc2Br)s1. The number of rotatable bonds is 6. The third-order valence-electron chi connectivity index (χ3n) is 2.18. The maximum absolute atomic E-state index is 5.67. The number of aromatic nitrogens is 2. The summed E-state index contributed by atoms with van der Waals surface area (Å²) in [5.74, 6) is 0.816. The van der Waals surface area contributed by atoms with Gasteiger partial charge in [0.25, 0.3) is 0 Å². The molecular weight excluding hydrogens is 314 g/mol. The predicted molar refractivity (Wildman–Crippen MR) is 77.2 cm³/mol. The second-order valence-electron chi connectivity index (χ2n) is 3.65. The van der Waals surface area contributed by atoms with Crippen LogP contribution >= 0.6 is 27.3 Å². The fourth-order valence-corrected chi connectivity index (χ4v) is 2.39. The Morgan fingerprint density at radius 2 is 2.17 bits per heavy atom. The van der Waals surface area contributed by atoms with Crippen molar-refractivity contribution in [2.24, 2.45) is 0 Å². The van der Waals surface area contributed by atoms with E-state index in [1.54, 1.807) is 0 Å². The molecule has 0 aliphatic heterocycles. The van der Waals surface area contributed by atoms with Gasteiger partial charge in [-0.25, -0.2) is 0 Å². The molecule has 96 valence electrons. The molecule has 0 atom stereocenters. The van der Waals surface area contributed by atoms with Crippen molar-refractivity contribution in [3.8, 4) is 5.75 Å². The molecule has 0 saturated heterocycles. The molecule has 0 fully saturated rings. The summed E-state index contributed by atoms with van der Waals surface area (Å²) >= 11 is 4.96. The first-order valence-corrected chi connectivity index (χ1v) is 7.34. The standard InChI is InChI=1S/C12H14BrN3OS/c1-2-7-14-12-16-15-11(18-12)8-17-10-6-4-3-5-9(10)13/h3-6H,2,7-8H2,1H3,(H,14,16). The lowest BCUT2D eigenvalue weighted by atomic mass is 10.3. The number of ether oxygens (including phenoxy) is 1. The zero-order valence-electron chi connectivity index (χ0n) is 10.0. The minimum atomic E-state index is 0.439. The summed E-state index contributed by atoms with van der Waals surface area (Å²) in [7, 11) is 0. The fraction of sp³-hybridized carbons (Fsp3) is 0.333. The van der Waals surface area contributed by atoms with Gasteiger partial charge >= 0.3 is 0 Å². The molecule has 2 aromatic rings. The molecule has 18 heavy (non-hydrogen) atoms. The molecule has 0 unspecified atom stereocenters. The van der Waals surface area contributed by atoms with E-state index in [1.165, 1.54) is 11.3 Å². The van der Waals surface area contributed by atoms with Crippen LogP contribution in [-0.4, -0.2) is 16.7 Å². The van der Waals surface area contributed by atoms with Gasteiger partial charge in [0.1, 0.15) is 12.4 Å². The molecule has 0 saturated carbocycles. The van der Waals surface area contributed by atoms with Crippen molar-refractivity contribution in [3.63, 3.8) is 0 Å². The lowest BCUT2D eigenvalue weighted by Gasteiger charge is -2.04. The minimum absolute atomic E-state index is 0.439. The van der Waals surface area contributed by atoms with Gasteiger partial charge in [-0.2, -0.15) is 0 Å². The molecule has 0 radical (unpaired) electrons. The topological polar surface area (TPSA) is 47.0 Å². The van der Waals surface area contributed by atoms with Crippen molar-refractivity contribution in [3.05, 3.63) is 33.7 Å². The van der Waals surface area contributed by atoms with E-state index in [4.69, 9.17) is 4.74 Å². The van der Waals surface area contributed by atoms with Gasteiger partial charge in [0, 0.05) is 6.54 Å². The molecule has 0 aliphatic rings. The summed E-state index contributed by atoms with van der Waals surface area (Å²) in [6.45, 7) is 3.47. The van der Waals surface area contributed by atoms with Crippen molar-refractivity contribution >= 4 is 32.4 Å². The van der Waals surface area contributed by atoms with E-state index in [1.807, 2.05) is 24.3 Å². The highest BCUT2D eigenvalue weighted by molar-refractivity contribution is 9.10. The number of halogens is 1. The number of nitrogens with one attached hydrogen (secondary N) is 1. The van der Waals surface area contributed by atoms with Crippen LogP contribution in [0.15, 0.2) is 28.7 Å². The highest BCUT2D eigenvalue weighted by atomic mass is 79.9. The Hall–Kier alpha value is -1.14. The number of hydrogen-bond donors (Lipinski definition) is 1. The molecule has 1 heterocycles. The van der Waals surface area contributed by atoms with E-state index >= 15 is 0 Å². The normalized spacial score (nSPS) is 10.3. The van der Waals surface area contributed by atoms with Crippen LogP contribution in [0.2, 0.25) is 0 Å². The smallest absolute Gasteiger partial charge is 0.205 e. The first-order chi connectivity index (χ1) is 8.79. The first kappa shape index (κ1) is 13.3. The summed E-state index contributed by atoms with van der Waals surface area (Å²) < 4.78 is 6.62. The third kappa shape index (κ3) is 3.68. The van der Waals surface area contributed by atoms with Crippen LogP contribution in [0.5, 0.6) is 5.75 Å². The lowest BCUT2D eigenvalue weighted by molar-refractivity contribution is 0.302. The number of anilines is 1. The van der Waals surface area contributed by atoms with E-state index in [-0.39, 0.29) is 0 Å². The Bertz CT molecular complexity index is 504. The second kappa shape index (κ2) is 6.70. The van der Waals surface area contributed by atoms with Crippen LogP contribution < -0.4 is 10.1 Å². The molecule has 0 spiro atoms. The molecule has 1 aromatic carbocycles. The summed E-state index contributed by atoms with van der Waals surface area (Å²) in [6, 6.07) is 7.76. The van der Waals surface area contributed by atoms with Crippen molar-refractivity contribution in [1.29, 1.82) is 0 Å².